The van der Waals surface area contributed by atoms with E-state index in [4.69, 9.17) is 10.6 Å². The van der Waals surface area contributed by atoms with E-state index >= 15 is 0 Å². The van der Waals surface area contributed by atoms with Crippen LogP contribution in [0.4, 0.5) is 0 Å². The molecule has 1 aliphatic carbocycles. The Balaban J connectivity index is 1.79. The first kappa shape index (κ1) is 14.4. The van der Waals surface area contributed by atoms with Crippen LogP contribution in [0.2, 0.25) is 0 Å². The highest BCUT2D eigenvalue weighted by Crippen LogP contribution is 2.29. The van der Waals surface area contributed by atoms with Gasteiger partial charge in [-0.3, -0.25) is 11.3 Å². The summed E-state index contributed by atoms with van der Waals surface area (Å²) in [5, 5.41) is 0. The summed E-state index contributed by atoms with van der Waals surface area (Å²) in [6.45, 7) is 0. The standard InChI is InChI=1S/C16H26N2O/c1-19-16-10-7-14(8-11-16)12-15(18-17)9-6-13-4-2-3-5-13/h7-8,10-11,13,15,18H,2-6,9,12,17H2,1H3. The smallest absolute Gasteiger partial charge is 0.118 e. The Morgan fingerprint density at radius 3 is 2.53 bits per heavy atom. The van der Waals surface area contributed by atoms with Crippen LogP contribution in [0.15, 0.2) is 24.3 Å². The van der Waals surface area contributed by atoms with Crippen LogP contribution >= 0.6 is 0 Å². The highest BCUT2D eigenvalue weighted by atomic mass is 16.5. The topological polar surface area (TPSA) is 47.3 Å². The summed E-state index contributed by atoms with van der Waals surface area (Å²) < 4.78 is 5.18. The number of ether oxygens (including phenoxy) is 1. The Morgan fingerprint density at radius 1 is 1.26 bits per heavy atom. The summed E-state index contributed by atoms with van der Waals surface area (Å²) in [5.74, 6) is 7.53. The zero-order chi connectivity index (χ0) is 13.5. The van der Waals surface area contributed by atoms with Gasteiger partial charge in [0, 0.05) is 6.04 Å². The summed E-state index contributed by atoms with van der Waals surface area (Å²) in [4.78, 5) is 0. The second kappa shape index (κ2) is 7.51. The van der Waals surface area contributed by atoms with Crippen molar-refractivity contribution in [2.24, 2.45) is 11.8 Å². The van der Waals surface area contributed by atoms with Gasteiger partial charge < -0.3 is 4.74 Å². The monoisotopic (exact) mass is 262 g/mol. The molecule has 0 heterocycles. The van der Waals surface area contributed by atoms with Gasteiger partial charge in [0.15, 0.2) is 0 Å². The van der Waals surface area contributed by atoms with Crippen LogP contribution in [-0.4, -0.2) is 13.2 Å². The number of nitrogens with one attached hydrogen (secondary N) is 1. The molecule has 1 unspecified atom stereocenters. The maximum Gasteiger partial charge on any atom is 0.118 e. The van der Waals surface area contributed by atoms with Gasteiger partial charge in [-0.05, 0) is 42.9 Å². The van der Waals surface area contributed by atoms with Crippen LogP contribution in [0.3, 0.4) is 0 Å². The van der Waals surface area contributed by atoms with E-state index in [2.05, 4.69) is 17.6 Å². The number of hydrazine groups is 1. The number of hydrogen-bond donors (Lipinski definition) is 2. The Bertz CT molecular complexity index is 358. The quantitative estimate of drug-likeness (QED) is 0.586. The molecule has 0 saturated heterocycles. The fourth-order valence-electron chi connectivity index (χ4n) is 3.03. The highest BCUT2D eigenvalue weighted by Gasteiger charge is 2.17. The second-order valence-electron chi connectivity index (χ2n) is 5.64. The van der Waals surface area contributed by atoms with Gasteiger partial charge in [-0.1, -0.05) is 37.8 Å². The lowest BCUT2D eigenvalue weighted by Gasteiger charge is -2.18. The molecule has 106 valence electrons. The predicted octanol–water partition coefficient (Wildman–Crippen LogP) is 3.04. The van der Waals surface area contributed by atoms with Gasteiger partial charge in [0.25, 0.3) is 0 Å². The lowest BCUT2D eigenvalue weighted by molar-refractivity contribution is 0.405. The van der Waals surface area contributed by atoms with Crippen molar-refractivity contribution in [3.05, 3.63) is 29.8 Å². The van der Waals surface area contributed by atoms with Gasteiger partial charge in [-0.25, -0.2) is 0 Å². The van der Waals surface area contributed by atoms with E-state index in [0.717, 1.165) is 18.1 Å². The van der Waals surface area contributed by atoms with E-state index in [1.165, 1.54) is 44.1 Å². The number of rotatable bonds is 7. The van der Waals surface area contributed by atoms with Gasteiger partial charge in [0.2, 0.25) is 0 Å². The fourth-order valence-corrected chi connectivity index (χ4v) is 3.03. The molecule has 19 heavy (non-hydrogen) atoms. The molecule has 3 nitrogen and oxygen atoms in total. The van der Waals surface area contributed by atoms with E-state index in [-0.39, 0.29) is 0 Å². The molecular formula is C16H26N2O. The van der Waals surface area contributed by atoms with E-state index in [1.807, 2.05) is 12.1 Å². The Morgan fingerprint density at radius 2 is 1.95 bits per heavy atom. The summed E-state index contributed by atoms with van der Waals surface area (Å²) in [6.07, 6.45) is 9.15. The SMILES string of the molecule is COc1ccc(CC(CCC2CCCC2)NN)cc1. The molecule has 1 atom stereocenters. The molecule has 1 aromatic rings. The zero-order valence-corrected chi connectivity index (χ0v) is 11.9. The Labute approximate surface area is 116 Å². The first-order valence-electron chi connectivity index (χ1n) is 7.41. The third kappa shape index (κ3) is 4.51. The van der Waals surface area contributed by atoms with Crippen LogP contribution in [0.5, 0.6) is 5.75 Å². The zero-order valence-electron chi connectivity index (χ0n) is 11.9. The van der Waals surface area contributed by atoms with Crippen LogP contribution in [0.1, 0.15) is 44.1 Å². The normalized spacial score (nSPS) is 17.6. The van der Waals surface area contributed by atoms with Crippen LogP contribution in [0, 0.1) is 5.92 Å². The van der Waals surface area contributed by atoms with Crippen molar-refractivity contribution in [1.29, 1.82) is 0 Å². The van der Waals surface area contributed by atoms with Crippen molar-refractivity contribution in [2.45, 2.75) is 51.0 Å². The van der Waals surface area contributed by atoms with Crippen molar-refractivity contribution < 1.29 is 4.74 Å². The molecule has 1 aromatic carbocycles. The first-order chi connectivity index (χ1) is 9.31. The van der Waals surface area contributed by atoms with Crippen molar-refractivity contribution in [3.8, 4) is 5.75 Å². The van der Waals surface area contributed by atoms with Crippen LogP contribution < -0.4 is 16.0 Å². The lowest BCUT2D eigenvalue weighted by atomic mass is 9.95. The predicted molar refractivity (Wildman–Crippen MR) is 79.0 cm³/mol. The number of nitrogens with two attached hydrogens (primary N) is 1. The average molecular weight is 262 g/mol. The van der Waals surface area contributed by atoms with E-state index in [0.29, 0.717) is 6.04 Å². The van der Waals surface area contributed by atoms with Gasteiger partial charge in [-0.2, -0.15) is 0 Å². The largest absolute Gasteiger partial charge is 0.497 e. The van der Waals surface area contributed by atoms with Crippen molar-refractivity contribution in [1.82, 2.24) is 5.43 Å². The molecule has 3 heteroatoms. The molecule has 0 aromatic heterocycles. The molecule has 0 bridgehead atoms. The summed E-state index contributed by atoms with van der Waals surface area (Å²) in [7, 11) is 1.70. The maximum atomic E-state index is 5.69. The molecule has 0 radical (unpaired) electrons. The molecule has 2 rings (SSSR count). The van der Waals surface area contributed by atoms with Crippen molar-refractivity contribution in [3.63, 3.8) is 0 Å². The Hall–Kier alpha value is -1.06. The minimum Gasteiger partial charge on any atom is -0.497 e. The maximum absolute atomic E-state index is 5.69. The molecule has 0 spiro atoms. The van der Waals surface area contributed by atoms with E-state index < -0.39 is 0 Å². The molecule has 1 saturated carbocycles. The van der Waals surface area contributed by atoms with Gasteiger partial charge in [-0.15, -0.1) is 0 Å². The molecule has 0 aliphatic heterocycles. The summed E-state index contributed by atoms with van der Waals surface area (Å²) in [5.41, 5.74) is 4.29. The third-order valence-electron chi connectivity index (χ3n) is 4.27. The highest BCUT2D eigenvalue weighted by molar-refractivity contribution is 5.27. The third-order valence-corrected chi connectivity index (χ3v) is 4.27. The van der Waals surface area contributed by atoms with Crippen molar-refractivity contribution in [2.75, 3.05) is 7.11 Å². The molecule has 1 aliphatic rings. The average Bonchev–Trinajstić information content (AvgIpc) is 2.97. The molecule has 1 fully saturated rings. The first-order valence-corrected chi connectivity index (χ1v) is 7.41. The Kier molecular flexibility index (Phi) is 5.67. The minimum absolute atomic E-state index is 0.383. The van der Waals surface area contributed by atoms with Gasteiger partial charge in [0.05, 0.1) is 7.11 Å². The molecule has 3 N–H and O–H groups in total. The number of hydrogen-bond acceptors (Lipinski definition) is 3. The molecular weight excluding hydrogens is 236 g/mol. The fraction of sp³-hybridized carbons (Fsp3) is 0.625. The van der Waals surface area contributed by atoms with E-state index in [1.54, 1.807) is 7.11 Å². The molecule has 0 amide bonds. The summed E-state index contributed by atoms with van der Waals surface area (Å²) >= 11 is 0. The minimum atomic E-state index is 0.383. The van der Waals surface area contributed by atoms with Gasteiger partial charge >= 0.3 is 0 Å². The van der Waals surface area contributed by atoms with Crippen LogP contribution in [0.25, 0.3) is 0 Å². The van der Waals surface area contributed by atoms with E-state index in [9.17, 15) is 0 Å². The lowest BCUT2D eigenvalue weighted by Crippen LogP contribution is -2.37. The van der Waals surface area contributed by atoms with Crippen LogP contribution in [-0.2, 0) is 6.42 Å². The van der Waals surface area contributed by atoms with Crippen molar-refractivity contribution >= 4 is 0 Å². The number of benzene rings is 1. The van der Waals surface area contributed by atoms with Gasteiger partial charge in [0.1, 0.15) is 5.75 Å². The summed E-state index contributed by atoms with van der Waals surface area (Å²) in [6, 6.07) is 8.66. The second-order valence-corrected chi connectivity index (χ2v) is 5.64. The number of methoxy groups -OCH3 is 1.